The van der Waals surface area contributed by atoms with E-state index in [1.807, 2.05) is 12.3 Å². The van der Waals surface area contributed by atoms with Crippen LogP contribution in [0.2, 0.25) is 0 Å². The van der Waals surface area contributed by atoms with Crippen LogP contribution in [0.15, 0.2) is 36.5 Å². The molecule has 2 aromatic heterocycles. The van der Waals surface area contributed by atoms with Crippen molar-refractivity contribution in [2.75, 3.05) is 56.2 Å². The molecular weight excluding hydrogens is 464 g/mol. The Kier molecular flexibility index (Phi) is 6.77. The first-order chi connectivity index (χ1) is 18.2. The van der Waals surface area contributed by atoms with Gasteiger partial charge in [-0.25, -0.2) is 0 Å². The Bertz CT molecular complexity index is 1300. The Morgan fingerprint density at radius 3 is 2.92 bits per heavy atom. The Morgan fingerprint density at radius 1 is 1.14 bits per heavy atom. The number of pyridine rings is 1. The fraction of sp³-hybridized carbons (Fsp3) is 0.500. The summed E-state index contributed by atoms with van der Waals surface area (Å²) >= 11 is 0. The van der Waals surface area contributed by atoms with E-state index in [0.29, 0.717) is 31.6 Å². The van der Waals surface area contributed by atoms with Gasteiger partial charge in [0.05, 0.1) is 30.2 Å². The molecule has 0 bridgehead atoms. The molecule has 0 radical (unpaired) electrons. The third kappa shape index (κ3) is 4.91. The molecule has 2 fully saturated rings. The van der Waals surface area contributed by atoms with E-state index in [9.17, 15) is 5.26 Å². The number of nitrogens with one attached hydrogen (secondary N) is 1. The van der Waals surface area contributed by atoms with Gasteiger partial charge < -0.3 is 24.8 Å². The number of piperazine rings is 1. The van der Waals surface area contributed by atoms with E-state index >= 15 is 0 Å². The van der Waals surface area contributed by atoms with Crippen molar-refractivity contribution >= 4 is 22.4 Å². The number of likely N-dealkylation sites (tertiary alicyclic amines) is 1. The molecule has 3 aromatic rings. The van der Waals surface area contributed by atoms with Crippen LogP contribution in [0, 0.1) is 11.3 Å². The second-order valence-electron chi connectivity index (χ2n) is 10.3. The lowest BCUT2D eigenvalue weighted by Crippen LogP contribution is -2.51. The van der Waals surface area contributed by atoms with Crippen LogP contribution >= 0.6 is 0 Å². The maximum absolute atomic E-state index is 9.25. The van der Waals surface area contributed by atoms with Gasteiger partial charge >= 0.3 is 6.01 Å². The zero-order valence-corrected chi connectivity index (χ0v) is 21.4. The van der Waals surface area contributed by atoms with Gasteiger partial charge in [-0.2, -0.15) is 15.2 Å². The zero-order chi connectivity index (χ0) is 25.2. The van der Waals surface area contributed by atoms with E-state index in [0.717, 1.165) is 68.0 Å². The van der Waals surface area contributed by atoms with Gasteiger partial charge in [-0.05, 0) is 45.0 Å². The molecule has 3 aliphatic rings. The minimum Gasteiger partial charge on any atom is -0.462 e. The Hall–Kier alpha value is -3.48. The van der Waals surface area contributed by atoms with Crippen LogP contribution in [-0.2, 0) is 13.0 Å². The molecule has 0 aliphatic carbocycles. The third-order valence-electron chi connectivity index (χ3n) is 7.96. The summed E-state index contributed by atoms with van der Waals surface area (Å²) in [7, 11) is 2.16. The van der Waals surface area contributed by atoms with Gasteiger partial charge in [-0.1, -0.05) is 18.2 Å². The molecule has 6 rings (SSSR count). The summed E-state index contributed by atoms with van der Waals surface area (Å²) < 4.78 is 6.26. The second-order valence-corrected chi connectivity index (χ2v) is 10.3. The summed E-state index contributed by atoms with van der Waals surface area (Å²) in [6.07, 6.45) is 5.59. The monoisotopic (exact) mass is 498 g/mol. The van der Waals surface area contributed by atoms with Crippen molar-refractivity contribution in [3.05, 3.63) is 47.8 Å². The summed E-state index contributed by atoms with van der Waals surface area (Å²) in [5.41, 5.74) is 4.42. The highest BCUT2D eigenvalue weighted by Crippen LogP contribution is 2.34. The van der Waals surface area contributed by atoms with Crippen molar-refractivity contribution in [3.63, 3.8) is 0 Å². The fourth-order valence-electron chi connectivity index (χ4n) is 5.90. The van der Waals surface area contributed by atoms with Crippen molar-refractivity contribution in [2.24, 2.45) is 0 Å². The van der Waals surface area contributed by atoms with Gasteiger partial charge in [-0.15, -0.1) is 0 Å². The Morgan fingerprint density at radius 2 is 2.05 bits per heavy atom. The molecule has 5 heterocycles. The van der Waals surface area contributed by atoms with E-state index in [4.69, 9.17) is 14.7 Å². The molecule has 1 aromatic carbocycles. The number of ether oxygens (including phenoxy) is 1. The fourth-order valence-corrected chi connectivity index (χ4v) is 5.90. The molecule has 192 valence electrons. The maximum Gasteiger partial charge on any atom is 0.318 e. The van der Waals surface area contributed by atoms with Crippen molar-refractivity contribution in [2.45, 2.75) is 44.3 Å². The van der Waals surface area contributed by atoms with E-state index in [1.165, 1.54) is 17.7 Å². The molecule has 37 heavy (non-hydrogen) atoms. The molecule has 0 saturated carbocycles. The largest absolute Gasteiger partial charge is 0.462 e. The predicted octanol–water partition coefficient (Wildman–Crippen LogP) is 2.75. The minimum atomic E-state index is 0.143. The van der Waals surface area contributed by atoms with Crippen molar-refractivity contribution < 1.29 is 4.74 Å². The van der Waals surface area contributed by atoms with Gasteiger partial charge in [0, 0.05) is 61.1 Å². The van der Waals surface area contributed by atoms with Gasteiger partial charge in [0.1, 0.15) is 12.4 Å². The van der Waals surface area contributed by atoms with E-state index in [-0.39, 0.29) is 6.04 Å². The summed E-state index contributed by atoms with van der Waals surface area (Å²) in [5.74, 6) is 0.975. The van der Waals surface area contributed by atoms with Gasteiger partial charge in [-0.3, -0.25) is 4.98 Å². The van der Waals surface area contributed by atoms with Crippen LogP contribution in [0.1, 0.15) is 30.5 Å². The Labute approximate surface area is 218 Å². The lowest BCUT2D eigenvalue weighted by molar-refractivity contribution is 0.187. The molecule has 1 N–H and O–H groups in total. The topological polar surface area (TPSA) is 93.4 Å². The molecule has 0 spiro atoms. The van der Waals surface area contributed by atoms with Crippen molar-refractivity contribution in [1.82, 2.24) is 25.2 Å². The van der Waals surface area contributed by atoms with Crippen LogP contribution in [-0.4, -0.2) is 78.3 Å². The number of anilines is 2. The first-order valence-electron chi connectivity index (χ1n) is 13.4. The van der Waals surface area contributed by atoms with Gasteiger partial charge in [0.2, 0.25) is 0 Å². The number of benzene rings is 1. The number of rotatable bonds is 6. The van der Waals surface area contributed by atoms with Crippen LogP contribution < -0.4 is 19.9 Å². The van der Waals surface area contributed by atoms with Crippen molar-refractivity contribution in [3.8, 4) is 12.1 Å². The quantitative estimate of drug-likeness (QED) is 0.551. The smallest absolute Gasteiger partial charge is 0.318 e. The molecule has 0 amide bonds. The van der Waals surface area contributed by atoms with E-state index < -0.39 is 0 Å². The van der Waals surface area contributed by atoms with Gasteiger partial charge in [0.25, 0.3) is 0 Å². The molecule has 9 nitrogen and oxygen atoms in total. The zero-order valence-electron chi connectivity index (χ0n) is 21.4. The lowest BCUT2D eigenvalue weighted by atomic mass is 10.0. The molecule has 2 saturated heterocycles. The van der Waals surface area contributed by atoms with E-state index in [2.05, 4.69) is 62.4 Å². The molecular formula is C28H34N8O. The van der Waals surface area contributed by atoms with Crippen LogP contribution in [0.25, 0.3) is 10.9 Å². The number of fused-ring (bicyclic) bond motifs is 2. The van der Waals surface area contributed by atoms with Crippen LogP contribution in [0.3, 0.4) is 0 Å². The number of aromatic nitrogens is 3. The van der Waals surface area contributed by atoms with Gasteiger partial charge in [0.15, 0.2) is 0 Å². The number of para-hydroxylation sites is 1. The molecule has 2 unspecified atom stereocenters. The second kappa shape index (κ2) is 10.5. The number of likely N-dealkylation sites (N-methyl/N-ethyl adjacent to an activating group) is 1. The van der Waals surface area contributed by atoms with Crippen LogP contribution in [0.4, 0.5) is 11.5 Å². The SMILES string of the molecule is CN1CCCC1COc1nc2c(c(N3CCNC(CC#N)C3)n1)CCN(c1ccnc3ccccc13)C2. The highest BCUT2D eigenvalue weighted by Gasteiger charge is 2.30. The first kappa shape index (κ1) is 23.9. The summed E-state index contributed by atoms with van der Waals surface area (Å²) in [6.45, 7) is 5.76. The highest BCUT2D eigenvalue weighted by atomic mass is 16.5. The minimum absolute atomic E-state index is 0.143. The van der Waals surface area contributed by atoms with Crippen LogP contribution in [0.5, 0.6) is 6.01 Å². The number of nitrogens with zero attached hydrogens (tertiary/aromatic N) is 7. The summed E-state index contributed by atoms with van der Waals surface area (Å²) in [5, 5.41) is 13.9. The van der Waals surface area contributed by atoms with E-state index in [1.54, 1.807) is 0 Å². The maximum atomic E-state index is 9.25. The normalized spacial score (nSPS) is 22.2. The summed E-state index contributed by atoms with van der Waals surface area (Å²) in [4.78, 5) is 21.6. The number of hydrogen-bond acceptors (Lipinski definition) is 9. The Balaban J connectivity index is 1.32. The average molecular weight is 499 g/mol. The highest BCUT2D eigenvalue weighted by molar-refractivity contribution is 5.91. The molecule has 2 atom stereocenters. The van der Waals surface area contributed by atoms with Crippen molar-refractivity contribution in [1.29, 1.82) is 5.26 Å². The predicted molar refractivity (Wildman–Crippen MR) is 144 cm³/mol. The number of nitriles is 1. The first-order valence-corrected chi connectivity index (χ1v) is 13.4. The number of hydrogen-bond donors (Lipinski definition) is 1. The lowest BCUT2D eigenvalue weighted by Gasteiger charge is -2.37. The standard InChI is InChI=1S/C28H34N8O/c1-34-14-4-5-21(34)19-37-28-32-25-18-35(26-9-12-31-24-7-3-2-6-22(24)26)15-10-23(25)27(33-28)36-16-13-30-20(17-36)8-11-29/h2-3,6-7,9,12,20-21,30H,4-5,8,10,13-19H2,1H3. The third-order valence-corrected chi connectivity index (χ3v) is 7.96. The molecule has 3 aliphatic heterocycles. The average Bonchev–Trinajstić information content (AvgIpc) is 3.35. The summed E-state index contributed by atoms with van der Waals surface area (Å²) in [6, 6.07) is 13.7. The molecule has 9 heteroatoms.